The van der Waals surface area contributed by atoms with Crippen molar-refractivity contribution >= 4 is 0 Å². The molecule has 1 fully saturated rings. The Labute approximate surface area is 73.6 Å². The second-order valence-corrected chi connectivity index (χ2v) is 3.77. The van der Waals surface area contributed by atoms with Gasteiger partial charge in [0.25, 0.3) is 0 Å². The molecule has 64 valence electrons. The summed E-state index contributed by atoms with van der Waals surface area (Å²) in [5, 5.41) is 0. The average molecular weight is 161 g/mol. The normalized spacial score (nSPS) is 19.2. The minimum absolute atomic E-state index is 0.283. The summed E-state index contributed by atoms with van der Waals surface area (Å²) in [5.74, 6) is 0.757. The molecule has 0 saturated heterocycles. The minimum atomic E-state index is 0.283. The van der Waals surface area contributed by atoms with Crippen molar-refractivity contribution in [1.82, 2.24) is 0 Å². The zero-order chi connectivity index (χ0) is 8.55. The Morgan fingerprint density at radius 3 is 2.33 bits per heavy atom. The molecule has 0 aliphatic heterocycles. The third-order valence-corrected chi connectivity index (χ3v) is 2.59. The molecule has 0 amide bonds. The molecule has 1 nitrogen and oxygen atoms in total. The second kappa shape index (κ2) is 2.91. The number of hydrogen-bond donors (Lipinski definition) is 1. The van der Waals surface area contributed by atoms with Crippen molar-refractivity contribution in [2.24, 2.45) is 11.7 Å². The molecule has 2 N–H and O–H groups in total. The molecule has 1 heteroatoms. The summed E-state index contributed by atoms with van der Waals surface area (Å²) in [6.07, 6.45) is 2.63. The van der Waals surface area contributed by atoms with Gasteiger partial charge in [-0.15, -0.1) is 0 Å². The van der Waals surface area contributed by atoms with E-state index < -0.39 is 0 Å². The van der Waals surface area contributed by atoms with Crippen LogP contribution in [0.2, 0.25) is 0 Å². The zero-order valence-corrected chi connectivity index (χ0v) is 7.46. The largest absolute Gasteiger partial charge is 0.324 e. The van der Waals surface area contributed by atoms with Crippen LogP contribution in [0.15, 0.2) is 24.3 Å². The smallest absolute Gasteiger partial charge is 0.0323 e. The Balaban J connectivity index is 2.16. The molecule has 1 aromatic carbocycles. The van der Waals surface area contributed by atoms with Crippen LogP contribution >= 0.6 is 0 Å². The average Bonchev–Trinajstić information content (AvgIpc) is 2.87. The first kappa shape index (κ1) is 7.81. The standard InChI is InChI=1S/C11H15N/c1-8-2-4-9(5-3-8)11(12)10-6-7-10/h2-5,10-11H,6-7,12H2,1H3/t11-/m1/s1. The van der Waals surface area contributed by atoms with Gasteiger partial charge in [0.2, 0.25) is 0 Å². The SMILES string of the molecule is Cc1ccc([C@@H](N)C2CC2)cc1. The summed E-state index contributed by atoms with van der Waals surface area (Å²) in [5.41, 5.74) is 8.65. The van der Waals surface area contributed by atoms with Crippen molar-refractivity contribution in [1.29, 1.82) is 0 Å². The predicted octanol–water partition coefficient (Wildman–Crippen LogP) is 2.40. The summed E-state index contributed by atoms with van der Waals surface area (Å²) < 4.78 is 0. The molecule has 1 aromatic rings. The Hall–Kier alpha value is -0.820. The van der Waals surface area contributed by atoms with Gasteiger partial charge < -0.3 is 5.73 Å². The van der Waals surface area contributed by atoms with Gasteiger partial charge in [0.1, 0.15) is 0 Å². The Morgan fingerprint density at radius 2 is 1.83 bits per heavy atom. The lowest BCUT2D eigenvalue weighted by atomic mass is 10.0. The quantitative estimate of drug-likeness (QED) is 0.708. The molecular weight excluding hydrogens is 146 g/mol. The summed E-state index contributed by atoms with van der Waals surface area (Å²) in [4.78, 5) is 0. The molecule has 0 unspecified atom stereocenters. The molecule has 1 saturated carbocycles. The molecule has 0 spiro atoms. The van der Waals surface area contributed by atoms with E-state index in [0.717, 1.165) is 5.92 Å². The summed E-state index contributed by atoms with van der Waals surface area (Å²) in [6, 6.07) is 8.86. The van der Waals surface area contributed by atoms with Crippen LogP contribution in [0.4, 0.5) is 0 Å². The maximum Gasteiger partial charge on any atom is 0.0323 e. The first-order chi connectivity index (χ1) is 5.77. The topological polar surface area (TPSA) is 26.0 Å². The molecule has 1 atom stereocenters. The van der Waals surface area contributed by atoms with E-state index in [1.165, 1.54) is 24.0 Å². The van der Waals surface area contributed by atoms with Gasteiger partial charge in [-0.3, -0.25) is 0 Å². The van der Waals surface area contributed by atoms with Gasteiger partial charge >= 0.3 is 0 Å². The number of rotatable bonds is 2. The van der Waals surface area contributed by atoms with E-state index in [2.05, 4.69) is 31.2 Å². The molecule has 12 heavy (non-hydrogen) atoms. The van der Waals surface area contributed by atoms with Crippen LogP contribution in [0.5, 0.6) is 0 Å². The van der Waals surface area contributed by atoms with Crippen LogP contribution in [0.25, 0.3) is 0 Å². The first-order valence-corrected chi connectivity index (χ1v) is 4.59. The van der Waals surface area contributed by atoms with E-state index in [1.54, 1.807) is 0 Å². The summed E-state index contributed by atoms with van der Waals surface area (Å²) in [7, 11) is 0. The van der Waals surface area contributed by atoms with E-state index in [0.29, 0.717) is 0 Å². The fraction of sp³-hybridized carbons (Fsp3) is 0.455. The van der Waals surface area contributed by atoms with E-state index >= 15 is 0 Å². The molecule has 1 aliphatic rings. The maximum atomic E-state index is 6.05. The minimum Gasteiger partial charge on any atom is -0.324 e. The molecule has 0 radical (unpaired) electrons. The summed E-state index contributed by atoms with van der Waals surface area (Å²) >= 11 is 0. The van der Waals surface area contributed by atoms with Crippen molar-refractivity contribution in [3.8, 4) is 0 Å². The van der Waals surface area contributed by atoms with E-state index in [4.69, 9.17) is 5.73 Å². The van der Waals surface area contributed by atoms with Crippen LogP contribution in [0, 0.1) is 12.8 Å². The molecule has 0 heterocycles. The van der Waals surface area contributed by atoms with E-state index in [1.807, 2.05) is 0 Å². The van der Waals surface area contributed by atoms with Crippen LogP contribution in [0.3, 0.4) is 0 Å². The number of benzene rings is 1. The van der Waals surface area contributed by atoms with Crippen molar-refractivity contribution in [3.63, 3.8) is 0 Å². The molecule has 0 aromatic heterocycles. The van der Waals surface area contributed by atoms with Crippen molar-refractivity contribution in [3.05, 3.63) is 35.4 Å². The Kier molecular flexibility index (Phi) is 1.89. The maximum absolute atomic E-state index is 6.05. The van der Waals surface area contributed by atoms with Crippen molar-refractivity contribution < 1.29 is 0 Å². The number of nitrogens with two attached hydrogens (primary N) is 1. The number of aryl methyl sites for hydroxylation is 1. The fourth-order valence-corrected chi connectivity index (χ4v) is 1.52. The predicted molar refractivity (Wildman–Crippen MR) is 50.8 cm³/mol. The highest BCUT2D eigenvalue weighted by atomic mass is 14.7. The zero-order valence-electron chi connectivity index (χ0n) is 7.46. The van der Waals surface area contributed by atoms with Gasteiger partial charge in [0, 0.05) is 6.04 Å². The Bertz CT molecular complexity index is 259. The van der Waals surface area contributed by atoms with Crippen LogP contribution in [-0.2, 0) is 0 Å². The van der Waals surface area contributed by atoms with Gasteiger partial charge in [-0.25, -0.2) is 0 Å². The lowest BCUT2D eigenvalue weighted by Crippen LogP contribution is -2.11. The second-order valence-electron chi connectivity index (χ2n) is 3.77. The van der Waals surface area contributed by atoms with Crippen LogP contribution in [-0.4, -0.2) is 0 Å². The third kappa shape index (κ3) is 1.51. The molecule has 1 aliphatic carbocycles. The van der Waals surface area contributed by atoms with Gasteiger partial charge in [-0.05, 0) is 31.2 Å². The van der Waals surface area contributed by atoms with E-state index in [9.17, 15) is 0 Å². The molecule has 0 bridgehead atoms. The lowest BCUT2D eigenvalue weighted by molar-refractivity contribution is 0.633. The first-order valence-electron chi connectivity index (χ1n) is 4.59. The fourth-order valence-electron chi connectivity index (χ4n) is 1.52. The summed E-state index contributed by atoms with van der Waals surface area (Å²) in [6.45, 7) is 2.10. The van der Waals surface area contributed by atoms with Crippen molar-refractivity contribution in [2.45, 2.75) is 25.8 Å². The molecular formula is C11H15N. The highest BCUT2D eigenvalue weighted by molar-refractivity contribution is 5.25. The van der Waals surface area contributed by atoms with Gasteiger partial charge in [0.15, 0.2) is 0 Å². The van der Waals surface area contributed by atoms with Gasteiger partial charge in [-0.1, -0.05) is 29.8 Å². The molecule has 2 rings (SSSR count). The lowest BCUT2D eigenvalue weighted by Gasteiger charge is -2.10. The van der Waals surface area contributed by atoms with Gasteiger partial charge in [0.05, 0.1) is 0 Å². The van der Waals surface area contributed by atoms with Crippen LogP contribution in [0.1, 0.15) is 30.0 Å². The third-order valence-electron chi connectivity index (χ3n) is 2.59. The monoisotopic (exact) mass is 161 g/mol. The van der Waals surface area contributed by atoms with Crippen LogP contribution < -0.4 is 5.73 Å². The van der Waals surface area contributed by atoms with E-state index in [-0.39, 0.29) is 6.04 Å². The highest BCUT2D eigenvalue weighted by Gasteiger charge is 2.29. The van der Waals surface area contributed by atoms with Gasteiger partial charge in [-0.2, -0.15) is 0 Å². The highest BCUT2D eigenvalue weighted by Crippen LogP contribution is 2.39. The van der Waals surface area contributed by atoms with Crippen molar-refractivity contribution in [2.75, 3.05) is 0 Å². The number of hydrogen-bond acceptors (Lipinski definition) is 1. The Morgan fingerprint density at radius 1 is 1.25 bits per heavy atom.